The Labute approximate surface area is 126 Å². The van der Waals surface area contributed by atoms with Gasteiger partial charge in [0.25, 0.3) is 0 Å². The van der Waals surface area contributed by atoms with Crippen molar-refractivity contribution < 1.29 is 8.42 Å². The number of hydrogen-bond acceptors (Lipinski definition) is 3. The highest BCUT2D eigenvalue weighted by molar-refractivity contribution is 9.10. The number of nitrogen functional groups attached to an aromatic ring is 1. The summed E-state index contributed by atoms with van der Waals surface area (Å²) in [4.78, 5) is 0.0890. The van der Waals surface area contributed by atoms with Crippen LogP contribution in [-0.2, 0) is 10.0 Å². The Kier molecular flexibility index (Phi) is 4.76. The highest BCUT2D eigenvalue weighted by atomic mass is 79.9. The Balaban J connectivity index is 2.09. The van der Waals surface area contributed by atoms with E-state index in [1.807, 2.05) is 0 Å². The zero-order valence-corrected chi connectivity index (χ0v) is 13.5. The molecule has 106 valence electrons. The van der Waals surface area contributed by atoms with E-state index in [9.17, 15) is 8.42 Å². The van der Waals surface area contributed by atoms with Crippen LogP contribution in [0.15, 0.2) is 21.5 Å². The van der Waals surface area contributed by atoms with Crippen molar-refractivity contribution in [3.8, 4) is 0 Å². The highest BCUT2D eigenvalue weighted by Crippen LogP contribution is 2.32. The lowest BCUT2D eigenvalue weighted by Gasteiger charge is -2.25. The molecule has 1 aliphatic rings. The molecule has 1 aromatic rings. The number of nitrogens with one attached hydrogen (secondary N) is 1. The summed E-state index contributed by atoms with van der Waals surface area (Å²) < 4.78 is 27.3. The fraction of sp³-hybridized carbons (Fsp3) is 0.500. The molecular formula is C12H16BrClN2O2S. The van der Waals surface area contributed by atoms with Crippen LogP contribution in [0.25, 0.3) is 0 Å². The van der Waals surface area contributed by atoms with Crippen LogP contribution in [0.2, 0.25) is 5.02 Å². The number of halogens is 2. The number of nitrogens with two attached hydrogens (primary N) is 1. The topological polar surface area (TPSA) is 72.2 Å². The number of rotatable bonds is 5. The quantitative estimate of drug-likeness (QED) is 0.785. The monoisotopic (exact) mass is 366 g/mol. The summed E-state index contributed by atoms with van der Waals surface area (Å²) in [5.41, 5.74) is 6.01. The van der Waals surface area contributed by atoms with E-state index in [0.29, 0.717) is 27.6 Å². The second kappa shape index (κ2) is 5.99. The molecule has 0 aliphatic heterocycles. The van der Waals surface area contributed by atoms with Crippen LogP contribution in [0.5, 0.6) is 0 Å². The summed E-state index contributed by atoms with van der Waals surface area (Å²) in [5, 5.41) is 0.306. The molecule has 0 saturated heterocycles. The van der Waals surface area contributed by atoms with E-state index in [1.165, 1.54) is 31.4 Å². The lowest BCUT2D eigenvalue weighted by molar-refractivity contribution is 0.297. The average Bonchev–Trinajstić information content (AvgIpc) is 2.26. The number of benzene rings is 1. The highest BCUT2D eigenvalue weighted by Gasteiger charge is 2.22. The van der Waals surface area contributed by atoms with Crippen LogP contribution in [0.3, 0.4) is 0 Å². The third kappa shape index (κ3) is 3.62. The van der Waals surface area contributed by atoms with Gasteiger partial charge < -0.3 is 5.73 Å². The molecule has 0 heterocycles. The second-order valence-electron chi connectivity index (χ2n) is 4.79. The normalized spacial score (nSPS) is 16.3. The SMILES string of the molecule is Nc1cc(Cl)cc(S(=O)(=O)NCCC2CCC2)c1Br. The number of hydrogen-bond donors (Lipinski definition) is 2. The Morgan fingerprint density at radius 1 is 1.42 bits per heavy atom. The summed E-state index contributed by atoms with van der Waals surface area (Å²) in [6.07, 6.45) is 4.55. The van der Waals surface area contributed by atoms with Gasteiger partial charge in [0, 0.05) is 17.3 Å². The van der Waals surface area contributed by atoms with Crippen molar-refractivity contribution >= 4 is 43.2 Å². The molecular weight excluding hydrogens is 352 g/mol. The van der Waals surface area contributed by atoms with Crippen LogP contribution in [0.4, 0.5) is 5.69 Å². The predicted octanol–water partition coefficient (Wildman–Crippen LogP) is 3.15. The van der Waals surface area contributed by atoms with Crippen molar-refractivity contribution in [2.24, 2.45) is 5.92 Å². The molecule has 0 unspecified atom stereocenters. The van der Waals surface area contributed by atoms with Crippen molar-refractivity contribution in [1.82, 2.24) is 4.72 Å². The summed E-state index contributed by atoms with van der Waals surface area (Å²) in [5.74, 6) is 0.663. The van der Waals surface area contributed by atoms with E-state index >= 15 is 0 Å². The van der Waals surface area contributed by atoms with Crippen LogP contribution in [0.1, 0.15) is 25.7 Å². The van der Waals surface area contributed by atoms with Crippen molar-refractivity contribution in [3.63, 3.8) is 0 Å². The van der Waals surface area contributed by atoms with E-state index in [0.717, 1.165) is 6.42 Å². The zero-order valence-electron chi connectivity index (χ0n) is 10.3. The van der Waals surface area contributed by atoms with Gasteiger partial charge in [0.05, 0.1) is 9.37 Å². The Morgan fingerprint density at radius 3 is 2.68 bits per heavy atom. The van der Waals surface area contributed by atoms with E-state index in [-0.39, 0.29) is 4.90 Å². The van der Waals surface area contributed by atoms with E-state index < -0.39 is 10.0 Å². The van der Waals surface area contributed by atoms with Gasteiger partial charge in [0.1, 0.15) is 0 Å². The van der Waals surface area contributed by atoms with Crippen molar-refractivity contribution in [3.05, 3.63) is 21.6 Å². The minimum Gasteiger partial charge on any atom is -0.398 e. The number of sulfonamides is 1. The Bertz CT molecular complexity index is 573. The molecule has 0 radical (unpaired) electrons. The van der Waals surface area contributed by atoms with Crippen LogP contribution >= 0.6 is 27.5 Å². The first-order valence-electron chi connectivity index (χ1n) is 6.14. The maximum Gasteiger partial charge on any atom is 0.241 e. The van der Waals surface area contributed by atoms with E-state index in [1.54, 1.807) is 0 Å². The van der Waals surface area contributed by atoms with Crippen LogP contribution in [0, 0.1) is 5.92 Å². The summed E-state index contributed by atoms with van der Waals surface area (Å²) in [6, 6.07) is 2.91. The second-order valence-corrected chi connectivity index (χ2v) is 7.76. The van der Waals surface area contributed by atoms with Gasteiger partial charge >= 0.3 is 0 Å². The summed E-state index contributed by atoms with van der Waals surface area (Å²) in [7, 11) is -3.58. The maximum absolute atomic E-state index is 12.2. The third-order valence-corrected chi connectivity index (χ3v) is 6.24. The smallest absolute Gasteiger partial charge is 0.241 e. The molecule has 19 heavy (non-hydrogen) atoms. The molecule has 0 amide bonds. The summed E-state index contributed by atoms with van der Waals surface area (Å²) >= 11 is 9.04. The molecule has 3 N–H and O–H groups in total. The fourth-order valence-corrected chi connectivity index (χ4v) is 4.37. The molecule has 2 rings (SSSR count). The molecule has 7 heteroatoms. The average molecular weight is 368 g/mol. The van der Waals surface area contributed by atoms with Crippen molar-refractivity contribution in [2.75, 3.05) is 12.3 Å². The first-order valence-corrected chi connectivity index (χ1v) is 8.80. The molecule has 0 spiro atoms. The van der Waals surface area contributed by atoms with E-state index in [2.05, 4.69) is 20.7 Å². The zero-order chi connectivity index (χ0) is 14.0. The fourth-order valence-electron chi connectivity index (χ4n) is 2.04. The molecule has 1 fully saturated rings. The van der Waals surface area contributed by atoms with Crippen molar-refractivity contribution in [2.45, 2.75) is 30.6 Å². The van der Waals surface area contributed by atoms with Gasteiger partial charge in [0.15, 0.2) is 0 Å². The molecule has 1 aliphatic carbocycles. The molecule has 1 aromatic carbocycles. The van der Waals surface area contributed by atoms with Gasteiger partial charge in [0.2, 0.25) is 10.0 Å². The predicted molar refractivity (Wildman–Crippen MR) is 80.7 cm³/mol. The van der Waals surface area contributed by atoms with Gasteiger partial charge in [-0.15, -0.1) is 0 Å². The molecule has 4 nitrogen and oxygen atoms in total. The first kappa shape index (κ1) is 15.1. The van der Waals surface area contributed by atoms with E-state index in [4.69, 9.17) is 17.3 Å². The molecule has 0 atom stereocenters. The lowest BCUT2D eigenvalue weighted by Crippen LogP contribution is -2.28. The van der Waals surface area contributed by atoms with Crippen LogP contribution in [-0.4, -0.2) is 15.0 Å². The van der Waals surface area contributed by atoms with Gasteiger partial charge in [-0.05, 0) is 40.4 Å². The Morgan fingerprint density at radius 2 is 2.11 bits per heavy atom. The summed E-state index contributed by atoms with van der Waals surface area (Å²) in [6.45, 7) is 0.450. The van der Waals surface area contributed by atoms with Crippen LogP contribution < -0.4 is 10.5 Å². The Hall–Kier alpha value is -0.300. The maximum atomic E-state index is 12.2. The van der Waals surface area contributed by atoms with Gasteiger partial charge in [-0.3, -0.25) is 0 Å². The van der Waals surface area contributed by atoms with Crippen molar-refractivity contribution in [1.29, 1.82) is 0 Å². The molecule has 0 aromatic heterocycles. The van der Waals surface area contributed by atoms with Gasteiger partial charge in [-0.25, -0.2) is 13.1 Å². The largest absolute Gasteiger partial charge is 0.398 e. The standard InChI is InChI=1S/C12H16BrClN2O2S/c13-12-10(15)6-9(14)7-11(12)19(17,18)16-5-4-8-2-1-3-8/h6-8,16H,1-5,15H2. The minimum atomic E-state index is -3.58. The minimum absolute atomic E-state index is 0.0890. The third-order valence-electron chi connectivity index (χ3n) is 3.39. The van der Waals surface area contributed by atoms with Gasteiger partial charge in [-0.2, -0.15) is 0 Å². The molecule has 0 bridgehead atoms. The molecule has 1 saturated carbocycles. The lowest BCUT2D eigenvalue weighted by atomic mass is 9.83. The number of anilines is 1. The first-order chi connectivity index (χ1) is 8.90. The van der Waals surface area contributed by atoms with Gasteiger partial charge in [-0.1, -0.05) is 30.9 Å².